The molecule has 13 heavy (non-hydrogen) atoms. The third-order valence-corrected chi connectivity index (χ3v) is 2.70. The second kappa shape index (κ2) is 2.97. The lowest BCUT2D eigenvalue weighted by Gasteiger charge is -2.13. The normalized spacial score (nSPS) is 13.4. The van der Waals surface area contributed by atoms with Crippen LogP contribution in [0.15, 0.2) is 5.38 Å². The molecule has 1 heterocycles. The van der Waals surface area contributed by atoms with Crippen molar-refractivity contribution in [1.82, 2.24) is 4.98 Å². The van der Waals surface area contributed by atoms with Gasteiger partial charge in [0.15, 0.2) is 5.69 Å². The van der Waals surface area contributed by atoms with Crippen molar-refractivity contribution >= 4 is 11.3 Å². The molecule has 0 aliphatic heterocycles. The quantitative estimate of drug-likeness (QED) is 0.637. The Balaban J connectivity index is 3.01. The molecule has 74 valence electrons. The maximum atomic E-state index is 12.1. The van der Waals surface area contributed by atoms with E-state index in [2.05, 4.69) is 4.98 Å². The first kappa shape index (κ1) is 10.5. The van der Waals surface area contributed by atoms with Gasteiger partial charge in [-0.3, -0.25) is 0 Å². The highest BCUT2D eigenvalue weighted by molar-refractivity contribution is 7.09. The summed E-state index contributed by atoms with van der Waals surface area (Å²) in [7, 11) is 0. The van der Waals surface area contributed by atoms with Crippen LogP contribution in [0.2, 0.25) is 0 Å². The number of alkyl halides is 3. The summed E-state index contributed by atoms with van der Waals surface area (Å²) < 4.78 is 36.4. The molecule has 5 heteroatoms. The van der Waals surface area contributed by atoms with Gasteiger partial charge in [-0.2, -0.15) is 13.2 Å². The second-order valence-electron chi connectivity index (χ2n) is 3.79. The fourth-order valence-electron chi connectivity index (χ4n) is 0.748. The summed E-state index contributed by atoms with van der Waals surface area (Å²) in [6, 6.07) is 0. The first-order valence-corrected chi connectivity index (χ1v) is 4.62. The van der Waals surface area contributed by atoms with Gasteiger partial charge in [-0.25, -0.2) is 4.98 Å². The van der Waals surface area contributed by atoms with Gasteiger partial charge in [0.25, 0.3) is 0 Å². The van der Waals surface area contributed by atoms with E-state index in [0.29, 0.717) is 5.01 Å². The first-order valence-electron chi connectivity index (χ1n) is 3.74. The Labute approximate surface area is 78.6 Å². The molecule has 0 N–H and O–H groups in total. The highest BCUT2D eigenvalue weighted by Crippen LogP contribution is 2.33. The summed E-state index contributed by atoms with van der Waals surface area (Å²) in [5, 5.41) is 1.57. The summed E-state index contributed by atoms with van der Waals surface area (Å²) in [5.74, 6) is 0. The Morgan fingerprint density at radius 3 is 2.00 bits per heavy atom. The van der Waals surface area contributed by atoms with Crippen LogP contribution in [0.1, 0.15) is 31.5 Å². The van der Waals surface area contributed by atoms with Gasteiger partial charge in [0.2, 0.25) is 0 Å². The van der Waals surface area contributed by atoms with E-state index in [1.807, 2.05) is 20.8 Å². The number of rotatable bonds is 0. The molecular weight excluding hydrogens is 199 g/mol. The minimum Gasteiger partial charge on any atom is -0.236 e. The summed E-state index contributed by atoms with van der Waals surface area (Å²) in [6.07, 6.45) is -4.32. The fourth-order valence-corrected chi connectivity index (χ4v) is 1.66. The summed E-state index contributed by atoms with van der Waals surface area (Å²) in [6.45, 7) is 5.52. The van der Waals surface area contributed by atoms with Crippen LogP contribution in [0, 0.1) is 0 Å². The van der Waals surface area contributed by atoms with Crippen LogP contribution in [0.25, 0.3) is 0 Å². The molecule has 0 spiro atoms. The van der Waals surface area contributed by atoms with Crippen LogP contribution >= 0.6 is 11.3 Å². The van der Waals surface area contributed by atoms with Gasteiger partial charge in [-0.15, -0.1) is 11.3 Å². The molecule has 0 aromatic carbocycles. The summed E-state index contributed by atoms with van der Waals surface area (Å²) >= 11 is 1.05. The van der Waals surface area contributed by atoms with Crippen molar-refractivity contribution in [3.8, 4) is 0 Å². The number of aromatic nitrogens is 1. The summed E-state index contributed by atoms with van der Waals surface area (Å²) in [4.78, 5) is 3.55. The molecule has 1 aromatic heterocycles. The second-order valence-corrected chi connectivity index (χ2v) is 4.64. The predicted octanol–water partition coefficient (Wildman–Crippen LogP) is 3.46. The van der Waals surface area contributed by atoms with E-state index in [0.717, 1.165) is 16.7 Å². The van der Waals surface area contributed by atoms with E-state index in [-0.39, 0.29) is 5.41 Å². The highest BCUT2D eigenvalue weighted by atomic mass is 32.1. The Morgan fingerprint density at radius 1 is 1.23 bits per heavy atom. The first-order chi connectivity index (χ1) is 5.71. The minimum atomic E-state index is -4.32. The van der Waals surface area contributed by atoms with Gasteiger partial charge >= 0.3 is 6.18 Å². The smallest absolute Gasteiger partial charge is 0.236 e. The molecule has 1 rings (SSSR count). The summed E-state index contributed by atoms with van der Waals surface area (Å²) in [5.41, 5.74) is -1.10. The van der Waals surface area contributed by atoms with Crippen LogP contribution in [-0.2, 0) is 11.6 Å². The molecule has 0 atom stereocenters. The van der Waals surface area contributed by atoms with Gasteiger partial charge in [0.1, 0.15) is 0 Å². The van der Waals surface area contributed by atoms with Crippen LogP contribution in [0.5, 0.6) is 0 Å². The van der Waals surface area contributed by atoms with E-state index >= 15 is 0 Å². The van der Waals surface area contributed by atoms with Crippen LogP contribution < -0.4 is 0 Å². The number of nitrogens with zero attached hydrogens (tertiary/aromatic N) is 1. The molecule has 0 bridgehead atoms. The van der Waals surface area contributed by atoms with E-state index in [9.17, 15) is 13.2 Å². The molecule has 0 fully saturated rings. The predicted molar refractivity (Wildman–Crippen MR) is 45.8 cm³/mol. The molecule has 0 saturated heterocycles. The number of halogens is 3. The third-order valence-electron chi connectivity index (χ3n) is 1.44. The average Bonchev–Trinajstić information content (AvgIpc) is 2.28. The number of hydrogen-bond donors (Lipinski definition) is 0. The number of thiazole rings is 1. The van der Waals surface area contributed by atoms with Crippen molar-refractivity contribution in [3.05, 3.63) is 16.1 Å². The maximum absolute atomic E-state index is 12.1. The van der Waals surface area contributed by atoms with E-state index in [4.69, 9.17) is 0 Å². The van der Waals surface area contributed by atoms with Crippen molar-refractivity contribution < 1.29 is 13.2 Å². The number of hydrogen-bond acceptors (Lipinski definition) is 2. The topological polar surface area (TPSA) is 12.9 Å². The lowest BCUT2D eigenvalue weighted by molar-refractivity contribution is -0.140. The van der Waals surface area contributed by atoms with Crippen molar-refractivity contribution in [2.75, 3.05) is 0 Å². The van der Waals surface area contributed by atoms with Gasteiger partial charge in [0.05, 0.1) is 5.01 Å². The Kier molecular flexibility index (Phi) is 2.40. The van der Waals surface area contributed by atoms with Crippen molar-refractivity contribution in [2.45, 2.75) is 32.4 Å². The Morgan fingerprint density at radius 2 is 1.77 bits per heavy atom. The van der Waals surface area contributed by atoms with Gasteiger partial charge in [0, 0.05) is 10.8 Å². The zero-order valence-corrected chi connectivity index (χ0v) is 8.38. The zero-order chi connectivity index (χ0) is 10.3. The molecule has 1 nitrogen and oxygen atoms in total. The van der Waals surface area contributed by atoms with E-state index in [1.165, 1.54) is 0 Å². The lowest BCUT2D eigenvalue weighted by Crippen LogP contribution is -2.12. The van der Waals surface area contributed by atoms with Crippen molar-refractivity contribution in [3.63, 3.8) is 0 Å². The molecule has 0 unspecified atom stereocenters. The Bertz CT molecular complexity index is 267. The average molecular weight is 209 g/mol. The molecule has 0 amide bonds. The van der Waals surface area contributed by atoms with Crippen LogP contribution in [-0.4, -0.2) is 4.98 Å². The molecule has 0 aliphatic rings. The highest BCUT2D eigenvalue weighted by Gasteiger charge is 2.34. The molecule has 0 saturated carbocycles. The SMILES string of the molecule is CC(C)(C)c1nc(C(F)(F)F)cs1. The minimum absolute atomic E-state index is 0.311. The molecule has 0 radical (unpaired) electrons. The van der Waals surface area contributed by atoms with Gasteiger partial charge < -0.3 is 0 Å². The van der Waals surface area contributed by atoms with E-state index in [1.54, 1.807) is 0 Å². The van der Waals surface area contributed by atoms with Crippen LogP contribution in [0.3, 0.4) is 0 Å². The van der Waals surface area contributed by atoms with E-state index < -0.39 is 11.9 Å². The third kappa shape index (κ3) is 2.43. The monoisotopic (exact) mass is 209 g/mol. The molecular formula is C8H10F3NS. The van der Waals surface area contributed by atoms with Crippen LogP contribution in [0.4, 0.5) is 13.2 Å². The standard InChI is InChI=1S/C8H10F3NS/c1-7(2,3)6-12-5(4-13-6)8(9,10)11/h4H,1-3H3. The van der Waals surface area contributed by atoms with Crippen molar-refractivity contribution in [1.29, 1.82) is 0 Å². The Hall–Kier alpha value is -0.580. The fraction of sp³-hybridized carbons (Fsp3) is 0.625. The molecule has 0 aliphatic carbocycles. The zero-order valence-electron chi connectivity index (χ0n) is 7.57. The maximum Gasteiger partial charge on any atom is 0.434 e. The van der Waals surface area contributed by atoms with Gasteiger partial charge in [-0.05, 0) is 0 Å². The molecule has 1 aromatic rings. The van der Waals surface area contributed by atoms with Gasteiger partial charge in [-0.1, -0.05) is 20.8 Å². The lowest BCUT2D eigenvalue weighted by atomic mass is 9.98. The van der Waals surface area contributed by atoms with Crippen molar-refractivity contribution in [2.24, 2.45) is 0 Å². The largest absolute Gasteiger partial charge is 0.434 e.